The zero-order chi connectivity index (χ0) is 17.1. The second kappa shape index (κ2) is 7.11. The molecule has 0 bridgehead atoms. The summed E-state index contributed by atoms with van der Waals surface area (Å²) in [5.41, 5.74) is 2.01. The van der Waals surface area contributed by atoms with Crippen LogP contribution in [0.4, 0.5) is 0 Å². The van der Waals surface area contributed by atoms with Gasteiger partial charge in [-0.15, -0.1) is 11.3 Å². The van der Waals surface area contributed by atoms with Crippen LogP contribution >= 0.6 is 11.3 Å². The van der Waals surface area contributed by atoms with Crippen LogP contribution in [0.15, 0.2) is 54.6 Å². The van der Waals surface area contributed by atoms with E-state index in [0.717, 1.165) is 16.1 Å². The quantitative estimate of drug-likeness (QED) is 0.713. The Morgan fingerprint density at radius 1 is 1.04 bits per heavy atom. The molecule has 4 nitrogen and oxygen atoms in total. The number of carbonyl (C=O) groups excluding carboxylic acids is 1. The van der Waals surface area contributed by atoms with Crippen LogP contribution < -0.4 is 0 Å². The van der Waals surface area contributed by atoms with Gasteiger partial charge in [0.1, 0.15) is 11.0 Å². The highest BCUT2D eigenvalue weighted by molar-refractivity contribution is 7.18. The van der Waals surface area contributed by atoms with Crippen molar-refractivity contribution >= 4 is 27.5 Å². The van der Waals surface area contributed by atoms with Gasteiger partial charge in [-0.3, -0.25) is 9.69 Å². The van der Waals surface area contributed by atoms with E-state index in [1.165, 1.54) is 4.70 Å². The van der Waals surface area contributed by atoms with E-state index in [-0.39, 0.29) is 11.9 Å². The van der Waals surface area contributed by atoms with Crippen LogP contribution in [0.5, 0.6) is 0 Å². The standard InChI is InChI=1S/C19H21N3OS/c1-21(2)19(23)18(14-9-5-4-6-10-14)22(3)13-17-20-15-11-7-8-12-16(15)24-17/h4-12,18H,13H2,1-3H3/t18-/m0/s1. The van der Waals surface area contributed by atoms with Crippen molar-refractivity contribution in [2.75, 3.05) is 21.1 Å². The van der Waals surface area contributed by atoms with Crippen molar-refractivity contribution in [1.29, 1.82) is 0 Å². The summed E-state index contributed by atoms with van der Waals surface area (Å²) in [4.78, 5) is 21.1. The zero-order valence-corrected chi connectivity index (χ0v) is 15.0. The van der Waals surface area contributed by atoms with E-state index in [4.69, 9.17) is 0 Å². The molecule has 0 aliphatic rings. The number of hydrogen-bond acceptors (Lipinski definition) is 4. The third kappa shape index (κ3) is 3.47. The Hall–Kier alpha value is -2.24. The molecule has 0 saturated heterocycles. The van der Waals surface area contributed by atoms with Crippen molar-refractivity contribution in [3.8, 4) is 0 Å². The molecule has 0 N–H and O–H groups in total. The summed E-state index contributed by atoms with van der Waals surface area (Å²) in [6, 6.07) is 17.7. The Morgan fingerprint density at radius 2 is 1.71 bits per heavy atom. The third-order valence-corrected chi connectivity index (χ3v) is 4.97. The molecule has 0 saturated carbocycles. The van der Waals surface area contributed by atoms with Gasteiger partial charge in [-0.25, -0.2) is 4.98 Å². The number of carbonyl (C=O) groups is 1. The molecule has 2 aromatic carbocycles. The van der Waals surface area contributed by atoms with Gasteiger partial charge in [0.15, 0.2) is 0 Å². The highest BCUT2D eigenvalue weighted by atomic mass is 32.1. The van der Waals surface area contributed by atoms with Crippen LogP contribution in [0, 0.1) is 0 Å². The van der Waals surface area contributed by atoms with Crippen molar-refractivity contribution < 1.29 is 4.79 Å². The Bertz CT molecular complexity index is 796. The van der Waals surface area contributed by atoms with Crippen LogP contribution in [0.25, 0.3) is 10.2 Å². The van der Waals surface area contributed by atoms with Gasteiger partial charge in [0, 0.05) is 14.1 Å². The molecule has 3 aromatic rings. The minimum Gasteiger partial charge on any atom is -0.347 e. The summed E-state index contributed by atoms with van der Waals surface area (Å²) in [5, 5.41) is 1.02. The summed E-state index contributed by atoms with van der Waals surface area (Å²) in [6.45, 7) is 0.637. The maximum Gasteiger partial charge on any atom is 0.244 e. The second-order valence-electron chi connectivity index (χ2n) is 6.04. The van der Waals surface area contributed by atoms with E-state index >= 15 is 0 Å². The molecule has 0 spiro atoms. The van der Waals surface area contributed by atoms with Gasteiger partial charge < -0.3 is 4.90 Å². The lowest BCUT2D eigenvalue weighted by molar-refractivity contribution is -0.134. The molecule has 5 heteroatoms. The number of para-hydroxylation sites is 1. The zero-order valence-electron chi connectivity index (χ0n) is 14.1. The predicted octanol–water partition coefficient (Wildman–Crippen LogP) is 3.56. The number of rotatable bonds is 5. The first-order valence-corrected chi connectivity index (χ1v) is 8.68. The van der Waals surface area contributed by atoms with Gasteiger partial charge in [-0.1, -0.05) is 42.5 Å². The monoisotopic (exact) mass is 339 g/mol. The topological polar surface area (TPSA) is 36.4 Å². The van der Waals surface area contributed by atoms with Gasteiger partial charge in [-0.05, 0) is 24.7 Å². The number of fused-ring (bicyclic) bond motifs is 1. The van der Waals surface area contributed by atoms with E-state index in [0.29, 0.717) is 6.54 Å². The first-order chi connectivity index (χ1) is 11.6. The maximum atomic E-state index is 12.7. The van der Waals surface area contributed by atoms with Crippen molar-refractivity contribution in [2.24, 2.45) is 0 Å². The molecule has 0 unspecified atom stereocenters. The largest absolute Gasteiger partial charge is 0.347 e. The molecule has 124 valence electrons. The Kier molecular flexibility index (Phi) is 4.92. The van der Waals surface area contributed by atoms with Gasteiger partial charge in [0.25, 0.3) is 0 Å². The molecular weight excluding hydrogens is 318 g/mol. The van der Waals surface area contributed by atoms with Gasteiger partial charge in [-0.2, -0.15) is 0 Å². The number of amides is 1. The Balaban J connectivity index is 1.88. The number of hydrogen-bond donors (Lipinski definition) is 0. The second-order valence-corrected chi connectivity index (χ2v) is 7.15. The molecule has 1 aromatic heterocycles. The van der Waals surface area contributed by atoms with Crippen LogP contribution in [0.1, 0.15) is 16.6 Å². The molecule has 0 fully saturated rings. The lowest BCUT2D eigenvalue weighted by Crippen LogP contribution is -2.37. The lowest BCUT2D eigenvalue weighted by Gasteiger charge is -2.29. The first kappa shape index (κ1) is 16.6. The maximum absolute atomic E-state index is 12.7. The molecule has 0 aliphatic heterocycles. The minimum atomic E-state index is -0.312. The Morgan fingerprint density at radius 3 is 2.38 bits per heavy atom. The van der Waals surface area contributed by atoms with E-state index in [2.05, 4.69) is 16.0 Å². The van der Waals surface area contributed by atoms with Crippen molar-refractivity contribution in [3.05, 3.63) is 65.2 Å². The van der Waals surface area contributed by atoms with Crippen molar-refractivity contribution in [2.45, 2.75) is 12.6 Å². The predicted molar refractivity (Wildman–Crippen MR) is 99.0 cm³/mol. The number of likely N-dealkylation sites (N-methyl/N-ethyl adjacent to an activating group) is 2. The average molecular weight is 339 g/mol. The van der Waals surface area contributed by atoms with E-state index < -0.39 is 0 Å². The molecular formula is C19H21N3OS. The van der Waals surface area contributed by atoms with E-state index in [1.807, 2.05) is 55.6 Å². The summed E-state index contributed by atoms with van der Waals surface area (Å²) in [6.07, 6.45) is 0. The molecule has 0 aliphatic carbocycles. The van der Waals surface area contributed by atoms with Gasteiger partial charge in [0.05, 0.1) is 16.8 Å². The Labute approximate surface area is 146 Å². The van der Waals surface area contributed by atoms with Crippen LogP contribution in [0.2, 0.25) is 0 Å². The smallest absolute Gasteiger partial charge is 0.244 e. The van der Waals surface area contributed by atoms with Gasteiger partial charge >= 0.3 is 0 Å². The number of aromatic nitrogens is 1. The van der Waals surface area contributed by atoms with E-state index in [9.17, 15) is 4.79 Å². The fourth-order valence-electron chi connectivity index (χ4n) is 2.76. The number of benzene rings is 2. The highest BCUT2D eigenvalue weighted by Gasteiger charge is 2.27. The molecule has 1 amide bonds. The van der Waals surface area contributed by atoms with Crippen molar-refractivity contribution in [1.82, 2.24) is 14.8 Å². The number of thiazole rings is 1. The van der Waals surface area contributed by atoms with Crippen LogP contribution in [0.3, 0.4) is 0 Å². The van der Waals surface area contributed by atoms with Crippen LogP contribution in [-0.2, 0) is 11.3 Å². The highest BCUT2D eigenvalue weighted by Crippen LogP contribution is 2.27. The molecule has 1 atom stereocenters. The molecule has 1 heterocycles. The normalized spacial score (nSPS) is 12.5. The average Bonchev–Trinajstić information content (AvgIpc) is 2.98. The third-order valence-electron chi connectivity index (χ3n) is 3.95. The molecule has 3 rings (SSSR count). The summed E-state index contributed by atoms with van der Waals surface area (Å²) in [7, 11) is 5.57. The SMILES string of the molecule is CN(C)C(=O)[C@H](c1ccccc1)N(C)Cc1nc2ccccc2s1. The summed E-state index contributed by atoms with van der Waals surface area (Å²) < 4.78 is 1.18. The van der Waals surface area contributed by atoms with Crippen molar-refractivity contribution in [3.63, 3.8) is 0 Å². The van der Waals surface area contributed by atoms with Crippen LogP contribution in [-0.4, -0.2) is 41.8 Å². The molecule has 24 heavy (non-hydrogen) atoms. The minimum absolute atomic E-state index is 0.0739. The van der Waals surface area contributed by atoms with E-state index in [1.54, 1.807) is 30.3 Å². The fourth-order valence-corrected chi connectivity index (χ4v) is 3.79. The molecule has 0 radical (unpaired) electrons. The van der Waals surface area contributed by atoms with Gasteiger partial charge in [0.2, 0.25) is 5.91 Å². The lowest BCUT2D eigenvalue weighted by atomic mass is 10.0. The summed E-state index contributed by atoms with van der Waals surface area (Å²) in [5.74, 6) is 0.0739. The first-order valence-electron chi connectivity index (χ1n) is 7.87. The summed E-state index contributed by atoms with van der Waals surface area (Å²) >= 11 is 1.68. The number of nitrogens with zero attached hydrogens (tertiary/aromatic N) is 3. The fraction of sp³-hybridized carbons (Fsp3) is 0.263.